The molecule has 0 unspecified atom stereocenters. The van der Waals surface area contributed by atoms with Gasteiger partial charge < -0.3 is 9.40 Å². The summed E-state index contributed by atoms with van der Waals surface area (Å²) in [4.78, 5) is 9.36. The van der Waals surface area contributed by atoms with Crippen LogP contribution in [0.3, 0.4) is 0 Å². The van der Waals surface area contributed by atoms with Crippen molar-refractivity contribution in [2.24, 2.45) is 11.1 Å². The number of hydrogen-bond acceptors (Lipinski definition) is 3. The van der Waals surface area contributed by atoms with Gasteiger partial charge >= 0.3 is 6.18 Å². The zero-order chi connectivity index (χ0) is 21.0. The van der Waals surface area contributed by atoms with Crippen LogP contribution in [0.2, 0.25) is 0 Å². The number of oxime groups is 1. The number of imidazole rings is 1. The van der Waals surface area contributed by atoms with Crippen LogP contribution in [0.1, 0.15) is 29.5 Å². The molecule has 0 saturated heterocycles. The summed E-state index contributed by atoms with van der Waals surface area (Å²) in [7, 11) is 0. The summed E-state index contributed by atoms with van der Waals surface area (Å²) in [5.41, 5.74) is 1.45. The van der Waals surface area contributed by atoms with Crippen molar-refractivity contribution in [3.05, 3.63) is 83.9 Å². The Morgan fingerprint density at radius 2 is 1.97 bits per heavy atom. The minimum atomic E-state index is -4.44. The number of alkyl halides is 3. The molecule has 0 amide bonds. The van der Waals surface area contributed by atoms with Gasteiger partial charge in [-0.05, 0) is 43.2 Å². The zero-order valence-corrected chi connectivity index (χ0v) is 15.9. The average Bonchev–Trinajstić information content (AvgIpc) is 3.43. The molecule has 1 aliphatic carbocycles. The van der Waals surface area contributed by atoms with Crippen LogP contribution in [0.25, 0.3) is 0 Å². The Balaban J connectivity index is 1.57. The molecular formula is C23H18F3N3O. The number of aromatic nitrogens is 2. The molecule has 1 heterocycles. The van der Waals surface area contributed by atoms with Crippen molar-refractivity contribution >= 4 is 5.71 Å². The summed E-state index contributed by atoms with van der Waals surface area (Å²) >= 11 is 0. The molecule has 2 aromatic carbocycles. The monoisotopic (exact) mass is 409 g/mol. The molecule has 4 rings (SSSR count). The van der Waals surface area contributed by atoms with E-state index in [1.165, 1.54) is 25.0 Å². The number of rotatable bonds is 5. The fourth-order valence-electron chi connectivity index (χ4n) is 2.72. The van der Waals surface area contributed by atoms with E-state index < -0.39 is 11.7 Å². The first-order chi connectivity index (χ1) is 14.5. The van der Waals surface area contributed by atoms with E-state index >= 15 is 0 Å². The second kappa shape index (κ2) is 8.46. The molecule has 152 valence electrons. The van der Waals surface area contributed by atoms with Crippen molar-refractivity contribution in [3.63, 3.8) is 0 Å². The third kappa shape index (κ3) is 5.29. The maximum atomic E-state index is 12.9. The Kier molecular flexibility index (Phi) is 5.57. The highest BCUT2D eigenvalue weighted by atomic mass is 19.4. The molecule has 1 aliphatic rings. The van der Waals surface area contributed by atoms with Gasteiger partial charge in [-0.15, -0.1) is 0 Å². The van der Waals surface area contributed by atoms with Gasteiger partial charge in [-0.2, -0.15) is 13.2 Å². The second-order valence-corrected chi connectivity index (χ2v) is 7.01. The highest BCUT2D eigenvalue weighted by Gasteiger charge is 2.30. The molecule has 0 spiro atoms. The first-order valence-electron chi connectivity index (χ1n) is 9.46. The minimum absolute atomic E-state index is 0.0138. The third-order valence-electron chi connectivity index (χ3n) is 4.53. The van der Waals surface area contributed by atoms with Gasteiger partial charge in [-0.25, -0.2) is 4.98 Å². The van der Waals surface area contributed by atoms with Gasteiger partial charge in [0.25, 0.3) is 0 Å². The Labute approximate surface area is 172 Å². The zero-order valence-electron chi connectivity index (χ0n) is 15.9. The Hall–Kier alpha value is -3.53. The first-order valence-corrected chi connectivity index (χ1v) is 9.46. The number of halogens is 3. The van der Waals surface area contributed by atoms with E-state index in [-0.39, 0.29) is 5.75 Å². The van der Waals surface area contributed by atoms with Gasteiger partial charge in [0, 0.05) is 29.4 Å². The van der Waals surface area contributed by atoms with E-state index in [9.17, 15) is 13.2 Å². The fourth-order valence-corrected chi connectivity index (χ4v) is 2.72. The number of nitrogens with zero attached hydrogens (tertiary/aromatic N) is 3. The van der Waals surface area contributed by atoms with Crippen LogP contribution in [-0.4, -0.2) is 15.3 Å². The van der Waals surface area contributed by atoms with Crippen molar-refractivity contribution < 1.29 is 18.0 Å². The molecule has 0 radical (unpaired) electrons. The predicted molar refractivity (Wildman–Crippen MR) is 107 cm³/mol. The topological polar surface area (TPSA) is 39.4 Å². The van der Waals surface area contributed by atoms with Crippen LogP contribution in [0, 0.1) is 17.8 Å². The van der Waals surface area contributed by atoms with E-state index in [2.05, 4.69) is 22.0 Å². The third-order valence-corrected chi connectivity index (χ3v) is 4.53. The number of hydrogen-bond donors (Lipinski definition) is 0. The lowest BCUT2D eigenvalue weighted by atomic mass is 10.1. The summed E-state index contributed by atoms with van der Waals surface area (Å²) in [5, 5.41) is 4.14. The molecule has 30 heavy (non-hydrogen) atoms. The predicted octanol–water partition coefficient (Wildman–Crippen LogP) is 5.15. The van der Waals surface area contributed by atoms with E-state index in [0.29, 0.717) is 18.2 Å². The van der Waals surface area contributed by atoms with Crippen molar-refractivity contribution in [2.75, 3.05) is 0 Å². The molecule has 0 N–H and O–H groups in total. The molecule has 0 bridgehead atoms. The van der Waals surface area contributed by atoms with Gasteiger partial charge in [0.1, 0.15) is 5.71 Å². The van der Waals surface area contributed by atoms with E-state index in [1.54, 1.807) is 23.3 Å². The van der Waals surface area contributed by atoms with Gasteiger partial charge in [-0.3, -0.25) is 0 Å². The van der Waals surface area contributed by atoms with Crippen molar-refractivity contribution in [3.8, 4) is 17.6 Å². The molecule has 1 fully saturated rings. The Morgan fingerprint density at radius 3 is 2.63 bits per heavy atom. The van der Waals surface area contributed by atoms with E-state index in [0.717, 1.165) is 23.3 Å². The van der Waals surface area contributed by atoms with Crippen LogP contribution in [0.5, 0.6) is 5.75 Å². The van der Waals surface area contributed by atoms with E-state index in [1.807, 2.05) is 24.3 Å². The molecule has 7 heteroatoms. The molecule has 4 nitrogen and oxygen atoms in total. The molecule has 1 aromatic heterocycles. The van der Waals surface area contributed by atoms with Crippen molar-refractivity contribution in [1.82, 2.24) is 9.55 Å². The summed E-state index contributed by atoms with van der Waals surface area (Å²) in [6.07, 6.45) is 2.94. The fraction of sp³-hybridized carbons (Fsp3) is 0.217. The quantitative estimate of drug-likeness (QED) is 0.332. The van der Waals surface area contributed by atoms with Gasteiger partial charge in [0.05, 0.1) is 18.4 Å². The average molecular weight is 409 g/mol. The summed E-state index contributed by atoms with van der Waals surface area (Å²) in [6, 6.07) is 12.2. The van der Waals surface area contributed by atoms with Crippen LogP contribution in [0.4, 0.5) is 13.2 Å². The second-order valence-electron chi connectivity index (χ2n) is 7.01. The van der Waals surface area contributed by atoms with Crippen molar-refractivity contribution in [2.45, 2.75) is 25.6 Å². The molecular weight excluding hydrogens is 391 g/mol. The Morgan fingerprint density at radius 1 is 1.17 bits per heavy atom. The van der Waals surface area contributed by atoms with Gasteiger partial charge in [0.15, 0.2) is 5.75 Å². The molecule has 1 saturated carbocycles. The summed E-state index contributed by atoms with van der Waals surface area (Å²) in [5.74, 6) is 6.90. The highest BCUT2D eigenvalue weighted by Crippen LogP contribution is 2.31. The standard InChI is InChI=1S/C23H18F3N3O/c24-23(25,26)20-2-1-3-21(14-20)30-28-22(15-29-13-12-27-16-29)19-10-8-18(9-11-19)7-6-17-4-5-17/h1-3,8-14,16-17H,4-5,15H2. The largest absolute Gasteiger partial charge is 0.416 e. The Bertz CT molecular complexity index is 1090. The maximum Gasteiger partial charge on any atom is 0.416 e. The van der Waals surface area contributed by atoms with Crippen LogP contribution in [-0.2, 0) is 12.7 Å². The minimum Gasteiger partial charge on any atom is -0.357 e. The lowest BCUT2D eigenvalue weighted by Crippen LogP contribution is -2.12. The van der Waals surface area contributed by atoms with Crippen LogP contribution < -0.4 is 4.84 Å². The van der Waals surface area contributed by atoms with Gasteiger partial charge in [0.2, 0.25) is 0 Å². The highest BCUT2D eigenvalue weighted by molar-refractivity contribution is 6.00. The lowest BCUT2D eigenvalue weighted by Gasteiger charge is -2.10. The molecule has 0 atom stereocenters. The van der Waals surface area contributed by atoms with Crippen molar-refractivity contribution in [1.29, 1.82) is 0 Å². The van der Waals surface area contributed by atoms with E-state index in [4.69, 9.17) is 4.84 Å². The van der Waals surface area contributed by atoms with Crippen LogP contribution >= 0.6 is 0 Å². The summed E-state index contributed by atoms with van der Waals surface area (Å²) in [6.45, 7) is 0.353. The smallest absolute Gasteiger partial charge is 0.357 e. The normalized spacial score (nSPS) is 14.2. The molecule has 3 aromatic rings. The first kappa shape index (κ1) is 19.8. The SMILES string of the molecule is FC(F)(F)c1cccc(ON=C(Cn2ccnc2)c2ccc(C#CC3CC3)cc2)c1. The summed E-state index contributed by atoms with van der Waals surface area (Å²) < 4.78 is 40.6. The maximum absolute atomic E-state index is 12.9. The van der Waals surface area contributed by atoms with Gasteiger partial charge in [-0.1, -0.05) is 35.2 Å². The van der Waals surface area contributed by atoms with Crippen LogP contribution in [0.15, 0.2) is 72.4 Å². The lowest BCUT2D eigenvalue weighted by molar-refractivity contribution is -0.137. The number of benzene rings is 2. The molecule has 0 aliphatic heterocycles.